The van der Waals surface area contributed by atoms with Crippen LogP contribution >= 0.6 is 0 Å². The zero-order valence-electron chi connectivity index (χ0n) is 12.8. The van der Waals surface area contributed by atoms with Crippen LogP contribution in [0.25, 0.3) is 0 Å². The van der Waals surface area contributed by atoms with E-state index < -0.39 is 17.7 Å². The summed E-state index contributed by atoms with van der Waals surface area (Å²) in [4.78, 5) is 0. The van der Waals surface area contributed by atoms with Gasteiger partial charge in [0, 0.05) is 5.56 Å². The highest BCUT2D eigenvalue weighted by atomic mass is 28.2. The largest absolute Gasteiger partial charge is 0.416 e. The Kier molecular flexibility index (Phi) is 5.98. The molecule has 1 aromatic rings. The van der Waals surface area contributed by atoms with Crippen molar-refractivity contribution in [3.05, 3.63) is 35.4 Å². The van der Waals surface area contributed by atoms with E-state index in [2.05, 4.69) is 0 Å². The van der Waals surface area contributed by atoms with Gasteiger partial charge in [-0.2, -0.15) is 13.2 Å². The second kappa shape index (κ2) is 6.91. The molecule has 120 valence electrons. The van der Waals surface area contributed by atoms with Crippen LogP contribution in [-0.4, -0.2) is 22.7 Å². The van der Waals surface area contributed by atoms with E-state index in [4.69, 9.17) is 13.9 Å². The molecule has 3 nitrogen and oxygen atoms in total. The van der Waals surface area contributed by atoms with Gasteiger partial charge < -0.3 is 13.9 Å². The quantitative estimate of drug-likeness (QED) is 0.595. The molecule has 1 aromatic carbocycles. The molecule has 0 amide bonds. The molecule has 0 atom stereocenters. The van der Waals surface area contributed by atoms with Gasteiger partial charge in [0.25, 0.3) is 0 Å². The predicted octanol–water partition coefficient (Wildman–Crippen LogP) is 2.96. The Morgan fingerprint density at radius 3 is 1.81 bits per heavy atom. The van der Waals surface area contributed by atoms with Crippen LogP contribution < -0.4 is 0 Å². The van der Waals surface area contributed by atoms with Crippen LogP contribution in [-0.2, 0) is 26.0 Å². The Morgan fingerprint density at radius 1 is 0.952 bits per heavy atom. The summed E-state index contributed by atoms with van der Waals surface area (Å²) in [7, 11) is 0.248. The minimum Gasteiger partial charge on any atom is -0.376 e. The number of ether oxygens (including phenoxy) is 2. The lowest BCUT2D eigenvalue weighted by Gasteiger charge is -2.36. The number of benzene rings is 1. The summed E-state index contributed by atoms with van der Waals surface area (Å²) in [5.74, 6) is -1.60. The van der Waals surface area contributed by atoms with Gasteiger partial charge in [-0.3, -0.25) is 0 Å². The maximum atomic E-state index is 12.9. The maximum Gasteiger partial charge on any atom is 0.416 e. The number of hydrogen-bond acceptors (Lipinski definition) is 3. The summed E-state index contributed by atoms with van der Waals surface area (Å²) in [6, 6.07) is 4.84. The molecule has 21 heavy (non-hydrogen) atoms. The first-order valence-electron chi connectivity index (χ1n) is 6.69. The fourth-order valence-electron chi connectivity index (χ4n) is 1.88. The third kappa shape index (κ3) is 4.81. The Labute approximate surface area is 125 Å². The Balaban J connectivity index is 3.31. The van der Waals surface area contributed by atoms with E-state index in [9.17, 15) is 13.2 Å². The molecule has 0 radical (unpaired) electrons. The second-order valence-corrected chi connectivity index (χ2v) is 5.58. The maximum absolute atomic E-state index is 12.9. The van der Waals surface area contributed by atoms with Crippen molar-refractivity contribution in [2.75, 3.05) is 0 Å². The minimum absolute atomic E-state index is 0.203. The third-order valence-corrected chi connectivity index (χ3v) is 3.13. The fraction of sp³-hybridized carbons (Fsp3) is 0.571. The molecule has 1 rings (SSSR count). The lowest BCUT2D eigenvalue weighted by Crippen LogP contribution is -2.40. The van der Waals surface area contributed by atoms with E-state index in [0.717, 1.165) is 12.1 Å². The van der Waals surface area contributed by atoms with Crippen LogP contribution in [0.2, 0.25) is 0 Å². The first-order valence-corrected chi connectivity index (χ1v) is 7.51. The van der Waals surface area contributed by atoms with Gasteiger partial charge in [0.2, 0.25) is 0 Å². The van der Waals surface area contributed by atoms with Gasteiger partial charge in [-0.1, -0.05) is 12.1 Å². The van der Waals surface area contributed by atoms with Gasteiger partial charge in [0.1, 0.15) is 0 Å². The van der Waals surface area contributed by atoms with Crippen molar-refractivity contribution < 1.29 is 27.1 Å². The van der Waals surface area contributed by atoms with Crippen molar-refractivity contribution in [3.63, 3.8) is 0 Å². The van der Waals surface area contributed by atoms with Crippen LogP contribution in [0.5, 0.6) is 0 Å². The van der Waals surface area contributed by atoms with Crippen LogP contribution in [0.3, 0.4) is 0 Å². The SMILES string of the molecule is CC(C)OC(O[SiH3])(OC(C)C)c1cccc(C(F)(F)F)c1. The second-order valence-electron chi connectivity index (χ2n) is 5.17. The van der Waals surface area contributed by atoms with Crippen molar-refractivity contribution in [2.45, 2.75) is 52.1 Å². The average molecular weight is 322 g/mol. The molecular weight excluding hydrogens is 301 g/mol. The molecule has 0 unspecified atom stereocenters. The highest BCUT2D eigenvalue weighted by Crippen LogP contribution is 2.35. The molecule has 7 heteroatoms. The zero-order chi connectivity index (χ0) is 16.3. The summed E-state index contributed by atoms with van der Waals surface area (Å²) in [6.07, 6.45) is -4.97. The Bertz CT molecular complexity index is 451. The summed E-state index contributed by atoms with van der Waals surface area (Å²) < 4.78 is 55.4. The normalized spacial score (nSPS) is 13.4. The Hall–Kier alpha value is -0.893. The van der Waals surface area contributed by atoms with E-state index in [1.807, 2.05) is 0 Å². The fourth-order valence-corrected chi connectivity index (χ4v) is 2.31. The van der Waals surface area contributed by atoms with Crippen molar-refractivity contribution >= 4 is 10.5 Å². The van der Waals surface area contributed by atoms with E-state index >= 15 is 0 Å². The molecule has 0 aliphatic rings. The molecule has 0 aliphatic carbocycles. The number of alkyl halides is 3. The lowest BCUT2D eigenvalue weighted by atomic mass is 10.1. The van der Waals surface area contributed by atoms with Gasteiger partial charge in [0.05, 0.1) is 17.8 Å². The molecule has 0 N–H and O–H groups in total. The summed E-state index contributed by atoms with van der Waals surface area (Å²) in [5.41, 5.74) is -0.558. The summed E-state index contributed by atoms with van der Waals surface area (Å²) in [5, 5.41) is 0. The van der Waals surface area contributed by atoms with Gasteiger partial charge in [-0.05, 0) is 39.8 Å². The van der Waals surface area contributed by atoms with Gasteiger partial charge >= 0.3 is 12.1 Å². The molecule has 0 saturated carbocycles. The molecular formula is C14H21F3O3Si. The minimum atomic E-state index is -4.43. The van der Waals surface area contributed by atoms with Crippen molar-refractivity contribution in [3.8, 4) is 0 Å². The average Bonchev–Trinajstić information content (AvgIpc) is 2.36. The summed E-state index contributed by atoms with van der Waals surface area (Å²) in [6.45, 7) is 7.08. The van der Waals surface area contributed by atoms with Crippen molar-refractivity contribution in [1.82, 2.24) is 0 Å². The van der Waals surface area contributed by atoms with Gasteiger partial charge in [-0.15, -0.1) is 0 Å². The Morgan fingerprint density at radius 2 is 1.43 bits per heavy atom. The molecule has 0 saturated heterocycles. The standard InChI is InChI=1S/C14H21F3O3Si/c1-9(2)18-14(20-21,19-10(3)4)12-7-5-6-11(8-12)13(15,16)17/h5-10H,1-4,21H3. The number of rotatable bonds is 6. The highest BCUT2D eigenvalue weighted by Gasteiger charge is 2.39. The first-order chi connectivity index (χ1) is 9.60. The predicted molar refractivity (Wildman–Crippen MR) is 76.6 cm³/mol. The first kappa shape index (κ1) is 18.2. The molecule has 0 heterocycles. The van der Waals surface area contributed by atoms with E-state index in [0.29, 0.717) is 0 Å². The van der Waals surface area contributed by atoms with Crippen LogP contribution in [0, 0.1) is 0 Å². The van der Waals surface area contributed by atoms with E-state index in [1.54, 1.807) is 27.7 Å². The molecule has 0 aromatic heterocycles. The molecule has 0 aliphatic heterocycles. The van der Waals surface area contributed by atoms with Crippen LogP contribution in [0.4, 0.5) is 13.2 Å². The van der Waals surface area contributed by atoms with Crippen molar-refractivity contribution in [2.24, 2.45) is 0 Å². The molecule has 0 fully saturated rings. The van der Waals surface area contributed by atoms with Gasteiger partial charge in [-0.25, -0.2) is 0 Å². The lowest BCUT2D eigenvalue weighted by molar-refractivity contribution is -0.378. The summed E-state index contributed by atoms with van der Waals surface area (Å²) >= 11 is 0. The third-order valence-electron chi connectivity index (χ3n) is 2.59. The van der Waals surface area contributed by atoms with E-state index in [-0.39, 0.29) is 28.3 Å². The van der Waals surface area contributed by atoms with Crippen molar-refractivity contribution in [1.29, 1.82) is 0 Å². The monoisotopic (exact) mass is 322 g/mol. The number of hydrogen-bond donors (Lipinski definition) is 0. The van der Waals surface area contributed by atoms with Crippen LogP contribution in [0.15, 0.2) is 24.3 Å². The zero-order valence-corrected chi connectivity index (χ0v) is 14.8. The number of halogens is 3. The van der Waals surface area contributed by atoms with E-state index in [1.165, 1.54) is 12.1 Å². The molecule has 0 bridgehead atoms. The molecule has 0 spiro atoms. The topological polar surface area (TPSA) is 27.7 Å². The highest BCUT2D eigenvalue weighted by molar-refractivity contribution is 5.98. The van der Waals surface area contributed by atoms with Crippen LogP contribution in [0.1, 0.15) is 38.8 Å². The smallest absolute Gasteiger partial charge is 0.376 e. The van der Waals surface area contributed by atoms with Gasteiger partial charge in [0.15, 0.2) is 10.5 Å².